The maximum absolute atomic E-state index is 13.3. The van der Waals surface area contributed by atoms with Gasteiger partial charge in [-0.2, -0.15) is 0 Å². The van der Waals surface area contributed by atoms with E-state index in [4.69, 9.17) is 4.74 Å². The molecule has 0 spiro atoms. The van der Waals surface area contributed by atoms with Crippen molar-refractivity contribution in [2.24, 2.45) is 0 Å². The predicted octanol–water partition coefficient (Wildman–Crippen LogP) is 4.37. The van der Waals surface area contributed by atoms with Crippen molar-refractivity contribution in [2.45, 2.75) is 25.8 Å². The van der Waals surface area contributed by atoms with E-state index in [1.165, 1.54) is 17.0 Å². The molecule has 1 aromatic carbocycles. The minimum atomic E-state index is -0.284. The van der Waals surface area contributed by atoms with Crippen molar-refractivity contribution in [1.82, 2.24) is 4.98 Å². The van der Waals surface area contributed by atoms with E-state index in [2.05, 4.69) is 20.9 Å². The molecule has 2 rings (SSSR count). The van der Waals surface area contributed by atoms with Gasteiger partial charge in [0.1, 0.15) is 23.2 Å². The molecule has 0 atom stereocenters. The fourth-order valence-corrected chi connectivity index (χ4v) is 2.70. The van der Waals surface area contributed by atoms with Gasteiger partial charge in [0.2, 0.25) is 0 Å². The summed E-state index contributed by atoms with van der Waals surface area (Å²) in [5.74, 6) is 0.253. The van der Waals surface area contributed by atoms with Crippen LogP contribution in [-0.4, -0.2) is 4.98 Å². The quantitative estimate of drug-likeness (QED) is 0.777. The SMILES string of the molecule is Cc1nc(COc2cc(F)cc(CBr)c2)sc1C. The first kappa shape index (κ1) is 13.5. The number of benzene rings is 1. The van der Waals surface area contributed by atoms with Gasteiger partial charge in [-0.05, 0) is 31.5 Å². The van der Waals surface area contributed by atoms with Gasteiger partial charge in [-0.25, -0.2) is 9.37 Å². The van der Waals surface area contributed by atoms with Crippen molar-refractivity contribution in [1.29, 1.82) is 0 Å². The standard InChI is InChI=1S/C13H13BrFNOS/c1-8-9(2)18-13(16-8)7-17-12-4-10(6-14)3-11(15)5-12/h3-5H,6-7H2,1-2H3. The van der Waals surface area contributed by atoms with E-state index >= 15 is 0 Å². The van der Waals surface area contributed by atoms with Gasteiger partial charge in [0.15, 0.2) is 0 Å². The summed E-state index contributed by atoms with van der Waals surface area (Å²) >= 11 is 4.91. The lowest BCUT2D eigenvalue weighted by atomic mass is 10.2. The second kappa shape index (κ2) is 5.80. The molecule has 0 radical (unpaired) electrons. The Labute approximate surface area is 118 Å². The Balaban J connectivity index is 2.07. The minimum absolute atomic E-state index is 0.284. The molecular formula is C13H13BrFNOS. The highest BCUT2D eigenvalue weighted by molar-refractivity contribution is 9.08. The Morgan fingerprint density at radius 2 is 2.11 bits per heavy atom. The van der Waals surface area contributed by atoms with Crippen molar-refractivity contribution < 1.29 is 9.13 Å². The lowest BCUT2D eigenvalue weighted by Crippen LogP contribution is -1.96. The van der Waals surface area contributed by atoms with Crippen LogP contribution in [0.15, 0.2) is 18.2 Å². The molecule has 96 valence electrons. The molecule has 0 saturated carbocycles. The lowest BCUT2D eigenvalue weighted by Gasteiger charge is -2.06. The van der Waals surface area contributed by atoms with E-state index < -0.39 is 0 Å². The summed E-state index contributed by atoms with van der Waals surface area (Å²) in [6.45, 7) is 4.38. The molecule has 18 heavy (non-hydrogen) atoms. The number of aryl methyl sites for hydroxylation is 2. The van der Waals surface area contributed by atoms with Gasteiger partial charge in [0.05, 0.1) is 5.69 Å². The largest absolute Gasteiger partial charge is 0.486 e. The van der Waals surface area contributed by atoms with E-state index in [1.54, 1.807) is 11.3 Å². The molecule has 0 fully saturated rings. The maximum Gasteiger partial charge on any atom is 0.140 e. The number of hydrogen-bond acceptors (Lipinski definition) is 3. The summed E-state index contributed by atoms with van der Waals surface area (Å²) < 4.78 is 18.9. The molecule has 0 aliphatic carbocycles. The topological polar surface area (TPSA) is 22.1 Å². The van der Waals surface area contributed by atoms with Crippen LogP contribution in [0.3, 0.4) is 0 Å². The van der Waals surface area contributed by atoms with Crippen LogP contribution in [0.25, 0.3) is 0 Å². The number of thiazole rings is 1. The first-order valence-corrected chi connectivity index (χ1v) is 7.43. The molecule has 0 saturated heterocycles. The Kier molecular flexibility index (Phi) is 4.35. The van der Waals surface area contributed by atoms with E-state index in [0.717, 1.165) is 16.3 Å². The van der Waals surface area contributed by atoms with Gasteiger partial charge in [0.25, 0.3) is 0 Å². The van der Waals surface area contributed by atoms with Crippen LogP contribution in [0.2, 0.25) is 0 Å². The molecule has 0 bridgehead atoms. The molecule has 5 heteroatoms. The van der Waals surface area contributed by atoms with Crippen molar-refractivity contribution in [3.05, 3.63) is 45.2 Å². The molecular weight excluding hydrogens is 317 g/mol. The first-order valence-electron chi connectivity index (χ1n) is 5.49. The van der Waals surface area contributed by atoms with E-state index in [1.807, 2.05) is 19.9 Å². The number of nitrogens with zero attached hydrogens (tertiary/aromatic N) is 1. The predicted molar refractivity (Wildman–Crippen MR) is 75.0 cm³/mol. The highest BCUT2D eigenvalue weighted by Gasteiger charge is 2.06. The second-order valence-electron chi connectivity index (χ2n) is 3.97. The van der Waals surface area contributed by atoms with Crippen molar-refractivity contribution >= 4 is 27.3 Å². The summed E-state index contributed by atoms with van der Waals surface area (Å²) in [5, 5.41) is 1.52. The zero-order chi connectivity index (χ0) is 13.1. The van der Waals surface area contributed by atoms with E-state index in [-0.39, 0.29) is 5.82 Å². The Bertz CT molecular complexity index is 536. The fourth-order valence-electron chi connectivity index (χ4n) is 1.53. The zero-order valence-electron chi connectivity index (χ0n) is 10.2. The Hall–Kier alpha value is -0.940. The second-order valence-corrected chi connectivity index (χ2v) is 5.82. The van der Waals surface area contributed by atoms with Crippen molar-refractivity contribution in [3.8, 4) is 5.75 Å². The molecule has 1 aromatic heterocycles. The van der Waals surface area contributed by atoms with Crippen molar-refractivity contribution in [3.63, 3.8) is 0 Å². The first-order chi connectivity index (χ1) is 8.58. The smallest absolute Gasteiger partial charge is 0.140 e. The summed E-state index contributed by atoms with van der Waals surface area (Å²) in [7, 11) is 0. The van der Waals surface area contributed by atoms with Crippen LogP contribution in [-0.2, 0) is 11.9 Å². The van der Waals surface area contributed by atoms with Gasteiger partial charge in [-0.1, -0.05) is 15.9 Å². The summed E-state index contributed by atoms with van der Waals surface area (Å²) in [6.07, 6.45) is 0. The molecule has 0 aliphatic heterocycles. The third-order valence-corrected chi connectivity index (χ3v) is 4.21. The Morgan fingerprint density at radius 1 is 1.33 bits per heavy atom. The van der Waals surface area contributed by atoms with Gasteiger partial charge in [-0.15, -0.1) is 11.3 Å². The summed E-state index contributed by atoms with van der Waals surface area (Å²) in [5.41, 5.74) is 1.88. The van der Waals surface area contributed by atoms with Crippen LogP contribution in [0, 0.1) is 19.7 Å². The van der Waals surface area contributed by atoms with Crippen LogP contribution in [0.1, 0.15) is 21.1 Å². The number of aromatic nitrogens is 1. The minimum Gasteiger partial charge on any atom is -0.486 e. The van der Waals surface area contributed by atoms with Gasteiger partial charge in [0, 0.05) is 16.3 Å². The van der Waals surface area contributed by atoms with Gasteiger partial charge in [-0.3, -0.25) is 0 Å². The molecule has 0 N–H and O–H groups in total. The number of alkyl halides is 1. The normalized spacial score (nSPS) is 10.7. The molecule has 2 nitrogen and oxygen atoms in total. The average molecular weight is 330 g/mol. The number of hydrogen-bond donors (Lipinski definition) is 0. The van der Waals surface area contributed by atoms with Crippen LogP contribution in [0.4, 0.5) is 4.39 Å². The number of ether oxygens (including phenoxy) is 1. The van der Waals surface area contributed by atoms with E-state index in [0.29, 0.717) is 17.7 Å². The summed E-state index contributed by atoms with van der Waals surface area (Å²) in [6, 6.07) is 4.70. The van der Waals surface area contributed by atoms with Crippen LogP contribution in [0.5, 0.6) is 5.75 Å². The van der Waals surface area contributed by atoms with Gasteiger partial charge >= 0.3 is 0 Å². The van der Waals surface area contributed by atoms with Crippen molar-refractivity contribution in [2.75, 3.05) is 0 Å². The Morgan fingerprint density at radius 3 is 2.72 bits per heavy atom. The zero-order valence-corrected chi connectivity index (χ0v) is 12.6. The average Bonchev–Trinajstić information content (AvgIpc) is 2.65. The monoisotopic (exact) mass is 329 g/mol. The molecule has 0 aliphatic rings. The molecule has 1 heterocycles. The molecule has 0 unspecified atom stereocenters. The summed E-state index contributed by atoms with van der Waals surface area (Å²) in [4.78, 5) is 5.57. The number of rotatable bonds is 4. The third-order valence-electron chi connectivity index (χ3n) is 2.52. The molecule has 2 aromatic rings. The van der Waals surface area contributed by atoms with Gasteiger partial charge < -0.3 is 4.74 Å². The fraction of sp³-hybridized carbons (Fsp3) is 0.308. The van der Waals surface area contributed by atoms with E-state index in [9.17, 15) is 4.39 Å². The van der Waals surface area contributed by atoms with Crippen LogP contribution < -0.4 is 4.74 Å². The highest BCUT2D eigenvalue weighted by atomic mass is 79.9. The number of halogens is 2. The third kappa shape index (κ3) is 3.29. The highest BCUT2D eigenvalue weighted by Crippen LogP contribution is 2.21. The lowest BCUT2D eigenvalue weighted by molar-refractivity contribution is 0.303. The maximum atomic E-state index is 13.3. The molecule has 0 amide bonds. The van der Waals surface area contributed by atoms with Crippen LogP contribution >= 0.6 is 27.3 Å².